The number of unbranched alkanes of at least 4 members (excludes halogenated alkanes) is 5. The van der Waals surface area contributed by atoms with Crippen molar-refractivity contribution in [3.63, 3.8) is 0 Å². The molecule has 0 saturated carbocycles. The van der Waals surface area contributed by atoms with E-state index in [-0.39, 0.29) is 44.2 Å². The van der Waals surface area contributed by atoms with Crippen LogP contribution in [0.4, 0.5) is 0 Å². The second kappa shape index (κ2) is 17.7. The summed E-state index contributed by atoms with van der Waals surface area (Å²) in [5.41, 5.74) is 1.24. The molecule has 1 aromatic rings. The zero-order chi connectivity index (χ0) is 19.8. The van der Waals surface area contributed by atoms with Gasteiger partial charge < -0.3 is 15.6 Å². The van der Waals surface area contributed by atoms with Gasteiger partial charge in [0.25, 0.3) is 10.1 Å². The topological polar surface area (TPSA) is 82.1 Å². The molecule has 0 amide bonds. The average molecular weight is 427 g/mol. The number of rotatable bonds is 17. The van der Waals surface area contributed by atoms with Crippen LogP contribution in [-0.4, -0.2) is 51.8 Å². The summed E-state index contributed by atoms with van der Waals surface area (Å²) in [5.74, 6) is 0.518. The largest absolute Gasteiger partial charge is 1.00 e. The molecule has 0 aliphatic heterocycles. The second-order valence-electron chi connectivity index (χ2n) is 6.48. The summed E-state index contributed by atoms with van der Waals surface area (Å²) < 4.78 is 45.9. The smallest absolute Gasteiger partial charge is 1.00 e. The molecule has 0 saturated heterocycles. The molecule has 0 radical (unpaired) electrons. The van der Waals surface area contributed by atoms with Gasteiger partial charge in [0.15, 0.2) is 0 Å². The van der Waals surface area contributed by atoms with E-state index >= 15 is 0 Å². The van der Waals surface area contributed by atoms with Crippen molar-refractivity contribution in [2.45, 2.75) is 51.9 Å². The molecule has 0 atom stereocenters. The SMILES string of the molecule is CCCCCCCCc1ccccc1OCCOCCOCCS(=O)(=O)O.[H-].[Na+]. The van der Waals surface area contributed by atoms with E-state index in [9.17, 15) is 8.42 Å². The quantitative estimate of drug-likeness (QED) is 0.227. The van der Waals surface area contributed by atoms with Crippen LogP contribution >= 0.6 is 0 Å². The predicted octanol–water partition coefficient (Wildman–Crippen LogP) is 1.01. The fourth-order valence-corrected chi connectivity index (χ4v) is 2.97. The average Bonchev–Trinajstić information content (AvgIpc) is 2.63. The molecule has 158 valence electrons. The van der Waals surface area contributed by atoms with Crippen molar-refractivity contribution in [1.82, 2.24) is 0 Å². The number of ether oxygens (including phenoxy) is 3. The first kappa shape index (κ1) is 27.8. The number of hydrogen-bond acceptors (Lipinski definition) is 5. The Hall–Kier alpha value is -0.150. The van der Waals surface area contributed by atoms with Crippen molar-refractivity contribution in [3.05, 3.63) is 29.8 Å². The Bertz CT molecular complexity index is 600. The Balaban J connectivity index is 0. The maximum atomic E-state index is 10.5. The molecular weight excluding hydrogens is 391 g/mol. The van der Waals surface area contributed by atoms with Gasteiger partial charge in [-0.3, -0.25) is 4.55 Å². The summed E-state index contributed by atoms with van der Waals surface area (Å²) in [6.45, 7) is 3.72. The van der Waals surface area contributed by atoms with Crippen LogP contribution in [0.3, 0.4) is 0 Å². The number of para-hydroxylation sites is 1. The van der Waals surface area contributed by atoms with E-state index in [1.807, 2.05) is 18.2 Å². The van der Waals surface area contributed by atoms with Gasteiger partial charge in [-0.1, -0.05) is 57.2 Å². The molecule has 1 N–H and O–H groups in total. The predicted molar refractivity (Wildman–Crippen MR) is 108 cm³/mol. The Morgan fingerprint density at radius 1 is 0.893 bits per heavy atom. The summed E-state index contributed by atoms with van der Waals surface area (Å²) in [5, 5.41) is 0. The first-order valence-corrected chi connectivity index (χ1v) is 11.4. The summed E-state index contributed by atoms with van der Waals surface area (Å²) in [6.07, 6.45) is 8.70. The number of benzene rings is 1. The minimum Gasteiger partial charge on any atom is -1.00 e. The number of aryl methyl sites for hydroxylation is 1. The van der Waals surface area contributed by atoms with E-state index < -0.39 is 15.9 Å². The Kier molecular flexibility index (Phi) is 17.6. The van der Waals surface area contributed by atoms with Gasteiger partial charge in [-0.2, -0.15) is 8.42 Å². The van der Waals surface area contributed by atoms with Crippen LogP contribution in [0.1, 0.15) is 52.4 Å². The van der Waals surface area contributed by atoms with Crippen molar-refractivity contribution in [3.8, 4) is 5.75 Å². The number of hydrogen-bond donors (Lipinski definition) is 1. The third-order valence-electron chi connectivity index (χ3n) is 4.12. The van der Waals surface area contributed by atoms with Crippen molar-refractivity contribution >= 4 is 10.1 Å². The zero-order valence-electron chi connectivity index (χ0n) is 18.4. The van der Waals surface area contributed by atoms with Crippen molar-refractivity contribution in [2.24, 2.45) is 0 Å². The summed E-state index contributed by atoms with van der Waals surface area (Å²) in [4.78, 5) is 0. The fourth-order valence-electron chi connectivity index (χ4n) is 2.64. The first-order valence-electron chi connectivity index (χ1n) is 9.84. The van der Waals surface area contributed by atoms with Crippen molar-refractivity contribution in [1.29, 1.82) is 0 Å². The third-order valence-corrected chi connectivity index (χ3v) is 4.80. The van der Waals surface area contributed by atoms with Crippen LogP contribution in [0, 0.1) is 0 Å². The Morgan fingerprint density at radius 3 is 2.21 bits per heavy atom. The van der Waals surface area contributed by atoms with Crippen LogP contribution in [-0.2, 0) is 26.0 Å². The summed E-state index contributed by atoms with van der Waals surface area (Å²) in [6, 6.07) is 8.12. The molecule has 6 nitrogen and oxygen atoms in total. The molecule has 0 aliphatic carbocycles. The standard InChI is InChI=1S/C20H34O6S.Na.H/c1-2-3-4-5-6-7-10-19-11-8-9-12-20(19)26-16-15-24-13-14-25-17-18-27(21,22)23;;/h8-9,11-12H,2-7,10,13-18H2,1H3,(H,21,22,23);;/q;+1;-1. The Morgan fingerprint density at radius 2 is 1.50 bits per heavy atom. The molecule has 0 bridgehead atoms. The second-order valence-corrected chi connectivity index (χ2v) is 8.06. The van der Waals surface area contributed by atoms with Gasteiger partial charge in [-0.25, -0.2) is 0 Å². The molecule has 0 fully saturated rings. The van der Waals surface area contributed by atoms with Crippen LogP contribution in [0.5, 0.6) is 5.75 Å². The molecule has 0 aromatic heterocycles. The third kappa shape index (κ3) is 15.7. The van der Waals surface area contributed by atoms with Gasteiger partial charge in [-0.15, -0.1) is 0 Å². The molecule has 8 heteroatoms. The van der Waals surface area contributed by atoms with Gasteiger partial charge >= 0.3 is 29.6 Å². The molecule has 1 aromatic carbocycles. The fraction of sp³-hybridized carbons (Fsp3) is 0.700. The molecule has 28 heavy (non-hydrogen) atoms. The minimum atomic E-state index is -3.96. The van der Waals surface area contributed by atoms with Crippen LogP contribution in [0.2, 0.25) is 0 Å². The first-order chi connectivity index (χ1) is 13.0. The monoisotopic (exact) mass is 426 g/mol. The summed E-state index contributed by atoms with van der Waals surface area (Å²) >= 11 is 0. The van der Waals surface area contributed by atoms with Crippen molar-refractivity contribution < 1.29 is 58.2 Å². The molecule has 0 aliphatic rings. The van der Waals surface area contributed by atoms with E-state index in [1.165, 1.54) is 44.1 Å². The van der Waals surface area contributed by atoms with Gasteiger partial charge in [0.05, 0.1) is 32.2 Å². The van der Waals surface area contributed by atoms with Crippen LogP contribution in [0.15, 0.2) is 24.3 Å². The molecule has 0 spiro atoms. The van der Waals surface area contributed by atoms with E-state index in [1.54, 1.807) is 0 Å². The van der Waals surface area contributed by atoms with E-state index in [2.05, 4.69) is 13.0 Å². The normalized spacial score (nSPS) is 11.2. The van der Waals surface area contributed by atoms with Gasteiger partial charge in [0, 0.05) is 0 Å². The molecule has 0 heterocycles. The molecular formula is C20H35NaO6S. The van der Waals surface area contributed by atoms with Gasteiger partial charge in [0.2, 0.25) is 0 Å². The minimum absolute atomic E-state index is 0. The van der Waals surface area contributed by atoms with Gasteiger partial charge in [0.1, 0.15) is 12.4 Å². The molecule has 1 rings (SSSR count). The van der Waals surface area contributed by atoms with Crippen LogP contribution in [0.25, 0.3) is 0 Å². The van der Waals surface area contributed by atoms with E-state index in [0.717, 1.165) is 12.2 Å². The zero-order valence-corrected chi connectivity index (χ0v) is 20.2. The summed E-state index contributed by atoms with van der Waals surface area (Å²) in [7, 11) is -3.96. The van der Waals surface area contributed by atoms with Crippen molar-refractivity contribution in [2.75, 3.05) is 38.8 Å². The Labute approximate surface area is 193 Å². The van der Waals surface area contributed by atoms with E-state index in [0.29, 0.717) is 19.8 Å². The molecule has 0 unspecified atom stereocenters. The van der Waals surface area contributed by atoms with E-state index in [4.69, 9.17) is 18.8 Å². The maximum absolute atomic E-state index is 10.5. The van der Waals surface area contributed by atoms with Gasteiger partial charge in [-0.05, 0) is 24.5 Å². The van der Waals surface area contributed by atoms with Crippen LogP contribution < -0.4 is 34.3 Å². The maximum Gasteiger partial charge on any atom is 1.00 e.